The summed E-state index contributed by atoms with van der Waals surface area (Å²) in [4.78, 5) is 0. The lowest BCUT2D eigenvalue weighted by Gasteiger charge is -2.31. The van der Waals surface area contributed by atoms with Crippen LogP contribution in [0, 0.1) is 0 Å². The van der Waals surface area contributed by atoms with Crippen LogP contribution < -0.4 is 22.1 Å². The molecule has 0 aliphatic heterocycles. The van der Waals surface area contributed by atoms with Crippen LogP contribution >= 0.6 is 0 Å². The third-order valence-electron chi connectivity index (χ3n) is 4.15. The van der Waals surface area contributed by atoms with Crippen LogP contribution in [-0.2, 0) is 5.54 Å². The molecule has 0 saturated heterocycles. The molecule has 0 fully saturated rings. The number of benzene rings is 2. The minimum atomic E-state index is -0.516. The van der Waals surface area contributed by atoms with E-state index >= 15 is 0 Å². The van der Waals surface area contributed by atoms with Crippen LogP contribution in [0.5, 0.6) is 0 Å². The van der Waals surface area contributed by atoms with Crippen molar-refractivity contribution in [3.8, 4) is 0 Å². The maximum atomic E-state index is 6.81. The van der Waals surface area contributed by atoms with E-state index in [1.54, 1.807) is 0 Å². The molecule has 6 N–H and O–H groups in total. The van der Waals surface area contributed by atoms with E-state index in [0.717, 1.165) is 35.3 Å². The van der Waals surface area contributed by atoms with Gasteiger partial charge in [-0.15, -0.1) is 0 Å². The second kappa shape index (κ2) is 7.29. The molecule has 0 aliphatic rings. The van der Waals surface area contributed by atoms with Crippen molar-refractivity contribution in [3.05, 3.63) is 59.7 Å². The van der Waals surface area contributed by atoms with Gasteiger partial charge in [0, 0.05) is 25.5 Å². The minimum absolute atomic E-state index is 0.516. The fourth-order valence-electron chi connectivity index (χ4n) is 2.70. The van der Waals surface area contributed by atoms with Gasteiger partial charge < -0.3 is 22.1 Å². The summed E-state index contributed by atoms with van der Waals surface area (Å²) < 4.78 is 0. The van der Waals surface area contributed by atoms with Gasteiger partial charge in [0.25, 0.3) is 0 Å². The SMILES string of the molecule is CNc1ccc(C(N)(CCCN)c2ccc(NC)cc2)cc1. The van der Waals surface area contributed by atoms with E-state index in [-0.39, 0.29) is 0 Å². The Balaban J connectivity index is 2.40. The van der Waals surface area contributed by atoms with Crippen LogP contribution in [0.4, 0.5) is 11.4 Å². The van der Waals surface area contributed by atoms with Crippen LogP contribution in [0.1, 0.15) is 24.0 Å². The molecule has 0 atom stereocenters. The lowest BCUT2D eigenvalue weighted by Crippen LogP contribution is -2.38. The normalized spacial score (nSPS) is 11.3. The van der Waals surface area contributed by atoms with E-state index in [0.29, 0.717) is 6.54 Å². The standard InChI is InChI=1S/C18H26N4/c1-21-16-8-4-14(5-9-16)18(20,12-3-13-19)15-6-10-17(22-2)11-7-15/h4-11,21-22H,3,12-13,19-20H2,1-2H3. The molecule has 118 valence electrons. The van der Waals surface area contributed by atoms with Crippen molar-refractivity contribution in [1.29, 1.82) is 0 Å². The monoisotopic (exact) mass is 298 g/mol. The van der Waals surface area contributed by atoms with Gasteiger partial charge in [0.2, 0.25) is 0 Å². The molecule has 0 amide bonds. The number of hydrogen-bond acceptors (Lipinski definition) is 4. The summed E-state index contributed by atoms with van der Waals surface area (Å²) in [6, 6.07) is 16.6. The summed E-state index contributed by atoms with van der Waals surface area (Å²) in [5.74, 6) is 0. The summed E-state index contributed by atoms with van der Waals surface area (Å²) in [6.45, 7) is 0.641. The predicted octanol–water partition coefficient (Wildman–Crippen LogP) is 2.71. The van der Waals surface area contributed by atoms with Crippen molar-refractivity contribution >= 4 is 11.4 Å². The molecule has 0 spiro atoms. The van der Waals surface area contributed by atoms with Gasteiger partial charge in [-0.05, 0) is 54.8 Å². The van der Waals surface area contributed by atoms with Gasteiger partial charge in [-0.25, -0.2) is 0 Å². The van der Waals surface area contributed by atoms with Gasteiger partial charge in [0.05, 0.1) is 5.54 Å². The van der Waals surface area contributed by atoms with E-state index in [1.807, 2.05) is 14.1 Å². The van der Waals surface area contributed by atoms with Gasteiger partial charge in [-0.3, -0.25) is 0 Å². The Hall–Kier alpha value is -2.04. The van der Waals surface area contributed by atoms with Crippen molar-refractivity contribution < 1.29 is 0 Å². The van der Waals surface area contributed by atoms with E-state index < -0.39 is 5.54 Å². The average Bonchev–Trinajstić information content (AvgIpc) is 2.59. The zero-order chi connectivity index (χ0) is 16.0. The predicted molar refractivity (Wildman–Crippen MR) is 95.2 cm³/mol. The maximum Gasteiger partial charge on any atom is 0.0666 e. The molecule has 0 unspecified atom stereocenters. The molecule has 0 radical (unpaired) electrons. The number of hydrogen-bond donors (Lipinski definition) is 4. The summed E-state index contributed by atoms with van der Waals surface area (Å²) in [6.07, 6.45) is 1.71. The summed E-state index contributed by atoms with van der Waals surface area (Å²) in [5, 5.41) is 6.27. The molecule has 2 rings (SSSR count). The van der Waals surface area contributed by atoms with E-state index in [1.165, 1.54) is 0 Å². The fourth-order valence-corrected chi connectivity index (χ4v) is 2.70. The second-order valence-corrected chi connectivity index (χ2v) is 5.52. The maximum absolute atomic E-state index is 6.81. The summed E-state index contributed by atoms with van der Waals surface area (Å²) in [7, 11) is 3.82. The Labute approximate surface area is 132 Å². The topological polar surface area (TPSA) is 76.1 Å². The van der Waals surface area contributed by atoms with Gasteiger partial charge in [0.15, 0.2) is 0 Å². The van der Waals surface area contributed by atoms with E-state index in [4.69, 9.17) is 11.5 Å². The quantitative estimate of drug-likeness (QED) is 0.634. The molecule has 0 aromatic heterocycles. The molecular weight excluding hydrogens is 272 g/mol. The zero-order valence-corrected chi connectivity index (χ0v) is 13.4. The van der Waals surface area contributed by atoms with Gasteiger partial charge >= 0.3 is 0 Å². The lowest BCUT2D eigenvalue weighted by atomic mass is 9.80. The number of rotatable bonds is 7. The van der Waals surface area contributed by atoms with Crippen LogP contribution in [0.2, 0.25) is 0 Å². The molecule has 0 heterocycles. The molecule has 22 heavy (non-hydrogen) atoms. The number of anilines is 2. The first-order chi connectivity index (χ1) is 10.6. The van der Waals surface area contributed by atoms with Crippen molar-refractivity contribution in [2.24, 2.45) is 11.5 Å². The van der Waals surface area contributed by atoms with Crippen molar-refractivity contribution in [2.45, 2.75) is 18.4 Å². The third-order valence-corrected chi connectivity index (χ3v) is 4.15. The smallest absolute Gasteiger partial charge is 0.0666 e. The van der Waals surface area contributed by atoms with Gasteiger partial charge in [-0.2, -0.15) is 0 Å². The van der Waals surface area contributed by atoms with Crippen LogP contribution in [0.25, 0.3) is 0 Å². The first-order valence-electron chi connectivity index (χ1n) is 7.69. The number of nitrogens with one attached hydrogen (secondary N) is 2. The van der Waals surface area contributed by atoms with Crippen LogP contribution in [0.3, 0.4) is 0 Å². The van der Waals surface area contributed by atoms with Crippen molar-refractivity contribution in [1.82, 2.24) is 0 Å². The zero-order valence-electron chi connectivity index (χ0n) is 13.4. The Kier molecular flexibility index (Phi) is 5.41. The average molecular weight is 298 g/mol. The Bertz CT molecular complexity index is 528. The Morgan fingerprint density at radius 3 is 1.55 bits per heavy atom. The van der Waals surface area contributed by atoms with Crippen molar-refractivity contribution in [3.63, 3.8) is 0 Å². The molecule has 0 aliphatic carbocycles. The van der Waals surface area contributed by atoms with Gasteiger partial charge in [0.1, 0.15) is 0 Å². The molecular formula is C18H26N4. The second-order valence-electron chi connectivity index (χ2n) is 5.52. The molecule has 2 aromatic carbocycles. The van der Waals surface area contributed by atoms with Crippen LogP contribution in [0.15, 0.2) is 48.5 Å². The minimum Gasteiger partial charge on any atom is -0.388 e. The summed E-state index contributed by atoms with van der Waals surface area (Å²) >= 11 is 0. The van der Waals surface area contributed by atoms with E-state index in [9.17, 15) is 0 Å². The molecule has 0 saturated carbocycles. The highest BCUT2D eigenvalue weighted by Crippen LogP contribution is 2.32. The molecule has 2 aromatic rings. The molecule has 0 bridgehead atoms. The van der Waals surface area contributed by atoms with E-state index in [2.05, 4.69) is 59.2 Å². The summed E-state index contributed by atoms with van der Waals surface area (Å²) in [5.41, 5.74) is 16.4. The largest absolute Gasteiger partial charge is 0.388 e. The lowest BCUT2D eigenvalue weighted by molar-refractivity contribution is 0.476. The third kappa shape index (κ3) is 3.40. The molecule has 4 heteroatoms. The first kappa shape index (κ1) is 16.3. The first-order valence-corrected chi connectivity index (χ1v) is 7.69. The fraction of sp³-hybridized carbons (Fsp3) is 0.333. The number of nitrogens with two attached hydrogens (primary N) is 2. The van der Waals surface area contributed by atoms with Crippen molar-refractivity contribution in [2.75, 3.05) is 31.3 Å². The highest BCUT2D eigenvalue weighted by molar-refractivity contribution is 5.50. The van der Waals surface area contributed by atoms with Gasteiger partial charge in [-0.1, -0.05) is 24.3 Å². The Morgan fingerprint density at radius 2 is 1.23 bits per heavy atom. The Morgan fingerprint density at radius 1 is 0.818 bits per heavy atom. The highest BCUT2D eigenvalue weighted by Gasteiger charge is 2.28. The highest BCUT2D eigenvalue weighted by atomic mass is 14.8. The van der Waals surface area contributed by atoms with Crippen LogP contribution in [-0.4, -0.2) is 20.6 Å². The molecule has 4 nitrogen and oxygen atoms in total.